The molecule has 3 N–H and O–H groups in total. The Balaban J connectivity index is 2.67. The van der Waals surface area contributed by atoms with Gasteiger partial charge in [-0.2, -0.15) is 5.10 Å². The van der Waals surface area contributed by atoms with Crippen molar-refractivity contribution < 1.29 is 4.79 Å². The van der Waals surface area contributed by atoms with Gasteiger partial charge in [-0.05, 0) is 6.92 Å². The van der Waals surface area contributed by atoms with Gasteiger partial charge in [0, 0.05) is 19.5 Å². The van der Waals surface area contributed by atoms with E-state index in [0.29, 0.717) is 5.82 Å². The van der Waals surface area contributed by atoms with E-state index >= 15 is 0 Å². The molecule has 0 radical (unpaired) electrons. The molecule has 0 aromatic carbocycles. The highest BCUT2D eigenvalue weighted by molar-refractivity contribution is 5.94. The summed E-state index contributed by atoms with van der Waals surface area (Å²) >= 11 is 0. The summed E-state index contributed by atoms with van der Waals surface area (Å²) in [7, 11) is 1.75. The molecule has 80 valence electrons. The minimum absolute atomic E-state index is 0.225. The van der Waals surface area contributed by atoms with Crippen LogP contribution in [0.1, 0.15) is 12.1 Å². The van der Waals surface area contributed by atoms with Gasteiger partial charge in [0.1, 0.15) is 5.82 Å². The SMILES string of the molecule is C#CCC(N)C(=O)Nc1cc(C)nn1C. The number of carbonyl (C=O) groups excluding carboxylic acids is 1. The van der Waals surface area contributed by atoms with Crippen molar-refractivity contribution in [2.45, 2.75) is 19.4 Å². The molecule has 1 amide bonds. The number of aromatic nitrogens is 2. The second kappa shape index (κ2) is 4.62. The summed E-state index contributed by atoms with van der Waals surface area (Å²) in [6.07, 6.45) is 5.29. The van der Waals surface area contributed by atoms with E-state index in [-0.39, 0.29) is 12.3 Å². The van der Waals surface area contributed by atoms with Crippen molar-refractivity contribution in [1.82, 2.24) is 9.78 Å². The van der Waals surface area contributed by atoms with Crippen LogP contribution in [0.2, 0.25) is 0 Å². The van der Waals surface area contributed by atoms with Gasteiger partial charge in [0.25, 0.3) is 0 Å². The second-order valence-corrected chi connectivity index (χ2v) is 3.30. The lowest BCUT2D eigenvalue weighted by Gasteiger charge is -2.09. The van der Waals surface area contributed by atoms with Gasteiger partial charge >= 0.3 is 0 Å². The molecule has 5 nitrogen and oxygen atoms in total. The molecule has 0 spiro atoms. The topological polar surface area (TPSA) is 72.9 Å². The van der Waals surface area contributed by atoms with Crippen LogP contribution in [0.3, 0.4) is 0 Å². The summed E-state index contributed by atoms with van der Waals surface area (Å²) in [4.78, 5) is 11.5. The highest BCUT2D eigenvalue weighted by Crippen LogP contribution is 2.08. The second-order valence-electron chi connectivity index (χ2n) is 3.30. The molecular formula is C10H14N4O. The number of amides is 1. The Labute approximate surface area is 88.6 Å². The van der Waals surface area contributed by atoms with Gasteiger partial charge in [-0.15, -0.1) is 12.3 Å². The maximum Gasteiger partial charge on any atom is 0.243 e. The summed E-state index contributed by atoms with van der Waals surface area (Å²) in [5.41, 5.74) is 6.38. The number of terminal acetylenes is 1. The lowest BCUT2D eigenvalue weighted by Crippen LogP contribution is -2.35. The van der Waals surface area contributed by atoms with E-state index in [9.17, 15) is 4.79 Å². The number of nitrogens with two attached hydrogens (primary N) is 1. The summed E-state index contributed by atoms with van der Waals surface area (Å²) in [6, 6.07) is 1.09. The van der Waals surface area contributed by atoms with Crippen molar-refractivity contribution >= 4 is 11.7 Å². The third-order valence-electron chi connectivity index (χ3n) is 1.93. The van der Waals surface area contributed by atoms with Gasteiger partial charge in [0.05, 0.1) is 11.7 Å². The Kier molecular flexibility index (Phi) is 3.47. The molecule has 1 unspecified atom stereocenters. The first-order valence-corrected chi connectivity index (χ1v) is 4.55. The Morgan fingerprint density at radius 3 is 3.00 bits per heavy atom. The van der Waals surface area contributed by atoms with E-state index in [1.165, 1.54) is 0 Å². The minimum Gasteiger partial charge on any atom is -0.319 e. The number of carbonyl (C=O) groups is 1. The van der Waals surface area contributed by atoms with Crippen LogP contribution < -0.4 is 11.1 Å². The first kappa shape index (κ1) is 11.3. The van der Waals surface area contributed by atoms with Crippen LogP contribution in [-0.2, 0) is 11.8 Å². The van der Waals surface area contributed by atoms with Crippen molar-refractivity contribution in [3.8, 4) is 12.3 Å². The first-order valence-electron chi connectivity index (χ1n) is 4.55. The molecule has 1 aromatic rings. The van der Waals surface area contributed by atoms with Crippen LogP contribution in [0.15, 0.2) is 6.07 Å². The normalized spacial score (nSPS) is 11.9. The van der Waals surface area contributed by atoms with E-state index in [1.54, 1.807) is 17.8 Å². The van der Waals surface area contributed by atoms with Gasteiger partial charge < -0.3 is 11.1 Å². The number of nitrogens with zero attached hydrogens (tertiary/aromatic N) is 2. The molecule has 0 saturated carbocycles. The standard InChI is InChI=1S/C10H14N4O/c1-4-5-8(11)10(15)12-9-6-7(2)13-14(9)3/h1,6,8H,5,11H2,2-3H3,(H,12,15). The largest absolute Gasteiger partial charge is 0.319 e. The van der Waals surface area contributed by atoms with Crippen molar-refractivity contribution in [3.05, 3.63) is 11.8 Å². The fourth-order valence-corrected chi connectivity index (χ4v) is 1.17. The molecule has 0 aliphatic carbocycles. The van der Waals surface area contributed by atoms with E-state index in [1.807, 2.05) is 6.92 Å². The molecule has 0 bridgehead atoms. The van der Waals surface area contributed by atoms with Crippen molar-refractivity contribution in [3.63, 3.8) is 0 Å². The number of aryl methyl sites for hydroxylation is 2. The summed E-state index contributed by atoms with van der Waals surface area (Å²) in [5.74, 6) is 2.67. The van der Waals surface area contributed by atoms with Crippen LogP contribution in [0.25, 0.3) is 0 Å². The van der Waals surface area contributed by atoms with Gasteiger partial charge in [-0.1, -0.05) is 0 Å². The molecule has 1 heterocycles. The first-order chi connectivity index (χ1) is 7.04. The lowest BCUT2D eigenvalue weighted by atomic mass is 10.2. The molecule has 0 fully saturated rings. The Hall–Kier alpha value is -1.80. The highest BCUT2D eigenvalue weighted by Gasteiger charge is 2.13. The highest BCUT2D eigenvalue weighted by atomic mass is 16.2. The van der Waals surface area contributed by atoms with Crippen molar-refractivity contribution in [1.29, 1.82) is 0 Å². The minimum atomic E-state index is -0.676. The maximum absolute atomic E-state index is 11.5. The van der Waals surface area contributed by atoms with Gasteiger partial charge in [0.15, 0.2) is 0 Å². The molecule has 1 rings (SSSR count). The third-order valence-corrected chi connectivity index (χ3v) is 1.93. The van der Waals surface area contributed by atoms with E-state index in [4.69, 9.17) is 12.2 Å². The lowest BCUT2D eigenvalue weighted by molar-refractivity contribution is -0.117. The Bertz CT molecular complexity index is 402. The molecule has 15 heavy (non-hydrogen) atoms. The predicted molar refractivity (Wildman–Crippen MR) is 58.0 cm³/mol. The summed E-state index contributed by atoms with van der Waals surface area (Å²) in [6.45, 7) is 1.84. The summed E-state index contributed by atoms with van der Waals surface area (Å²) in [5, 5.41) is 6.75. The zero-order chi connectivity index (χ0) is 11.4. The maximum atomic E-state index is 11.5. The fourth-order valence-electron chi connectivity index (χ4n) is 1.17. The fraction of sp³-hybridized carbons (Fsp3) is 0.400. The van der Waals surface area contributed by atoms with Crippen molar-refractivity contribution in [2.75, 3.05) is 5.32 Å². The smallest absolute Gasteiger partial charge is 0.243 e. The van der Waals surface area contributed by atoms with Gasteiger partial charge in [-0.3, -0.25) is 9.48 Å². The third kappa shape index (κ3) is 2.82. The van der Waals surface area contributed by atoms with E-state index in [0.717, 1.165) is 5.69 Å². The van der Waals surface area contributed by atoms with Gasteiger partial charge in [-0.25, -0.2) is 0 Å². The van der Waals surface area contributed by atoms with E-state index in [2.05, 4.69) is 16.3 Å². The number of anilines is 1. The molecule has 1 atom stereocenters. The molecule has 0 aliphatic rings. The quantitative estimate of drug-likeness (QED) is 0.685. The number of rotatable bonds is 3. The van der Waals surface area contributed by atoms with Gasteiger partial charge in [0.2, 0.25) is 5.91 Å². The zero-order valence-electron chi connectivity index (χ0n) is 8.82. The Morgan fingerprint density at radius 1 is 1.87 bits per heavy atom. The molecular weight excluding hydrogens is 192 g/mol. The average Bonchev–Trinajstić information content (AvgIpc) is 2.45. The van der Waals surface area contributed by atoms with Crippen LogP contribution in [0.5, 0.6) is 0 Å². The zero-order valence-corrected chi connectivity index (χ0v) is 8.82. The van der Waals surface area contributed by atoms with Crippen LogP contribution >= 0.6 is 0 Å². The molecule has 0 aliphatic heterocycles. The molecule has 1 aromatic heterocycles. The molecule has 0 saturated heterocycles. The number of hydrogen-bond acceptors (Lipinski definition) is 3. The predicted octanol–water partition coefficient (Wildman–Crippen LogP) is 0.0176. The van der Waals surface area contributed by atoms with Crippen LogP contribution in [-0.4, -0.2) is 21.7 Å². The summed E-state index contributed by atoms with van der Waals surface area (Å²) < 4.78 is 1.58. The number of hydrogen-bond donors (Lipinski definition) is 2. The van der Waals surface area contributed by atoms with Crippen LogP contribution in [0, 0.1) is 19.3 Å². The molecule has 5 heteroatoms. The Morgan fingerprint density at radius 2 is 2.53 bits per heavy atom. The monoisotopic (exact) mass is 206 g/mol. The number of nitrogens with one attached hydrogen (secondary N) is 1. The van der Waals surface area contributed by atoms with E-state index < -0.39 is 6.04 Å². The van der Waals surface area contributed by atoms with Crippen molar-refractivity contribution in [2.24, 2.45) is 12.8 Å². The van der Waals surface area contributed by atoms with Crippen LogP contribution in [0.4, 0.5) is 5.82 Å². The average molecular weight is 206 g/mol.